The summed E-state index contributed by atoms with van der Waals surface area (Å²) < 4.78 is 25.6. The van der Waals surface area contributed by atoms with Gasteiger partial charge in [-0.2, -0.15) is 0 Å². The van der Waals surface area contributed by atoms with E-state index in [1.165, 1.54) is 6.92 Å². The first-order valence-corrected chi connectivity index (χ1v) is 7.87. The number of nitrogens with zero attached hydrogens (tertiary/aromatic N) is 1. The molecule has 0 fully saturated rings. The van der Waals surface area contributed by atoms with Crippen molar-refractivity contribution in [2.75, 3.05) is 16.6 Å². The molecular formula is C10H11ClINO3S. The van der Waals surface area contributed by atoms with Crippen molar-refractivity contribution in [3.63, 3.8) is 0 Å². The van der Waals surface area contributed by atoms with Crippen LogP contribution in [0.3, 0.4) is 0 Å². The van der Waals surface area contributed by atoms with E-state index in [0.717, 1.165) is 7.88 Å². The standard InChI is InChI=1S/C10H11ClINO3S/c1-2-17(15,16)13(7-10(11)14)9-5-3-4-8(12)6-9/h3-6H,2,7H2,1H3. The van der Waals surface area contributed by atoms with Gasteiger partial charge in [0.15, 0.2) is 0 Å². The Kier molecular flexibility index (Phi) is 5.21. The molecule has 0 N–H and O–H groups in total. The number of carbonyl (C=O) groups excluding carboxylic acids is 1. The second-order valence-electron chi connectivity index (χ2n) is 3.24. The quantitative estimate of drug-likeness (QED) is 0.575. The van der Waals surface area contributed by atoms with Gasteiger partial charge in [0, 0.05) is 3.57 Å². The Labute approximate surface area is 119 Å². The van der Waals surface area contributed by atoms with Crippen LogP contribution in [0.2, 0.25) is 0 Å². The number of rotatable bonds is 5. The van der Waals surface area contributed by atoms with Crippen LogP contribution in [0.5, 0.6) is 0 Å². The highest BCUT2D eigenvalue weighted by atomic mass is 127. The van der Waals surface area contributed by atoms with Gasteiger partial charge in [0.25, 0.3) is 0 Å². The second-order valence-corrected chi connectivity index (χ2v) is 7.09. The van der Waals surface area contributed by atoms with Crippen LogP contribution in [-0.4, -0.2) is 26.0 Å². The zero-order valence-electron chi connectivity index (χ0n) is 9.06. The van der Waals surface area contributed by atoms with Crippen LogP contribution in [-0.2, 0) is 14.8 Å². The molecule has 0 aliphatic rings. The molecule has 0 radical (unpaired) electrons. The lowest BCUT2D eigenvalue weighted by Gasteiger charge is -2.22. The molecule has 94 valence electrons. The molecule has 0 amide bonds. The summed E-state index contributed by atoms with van der Waals surface area (Å²) in [5, 5.41) is -0.708. The highest BCUT2D eigenvalue weighted by Crippen LogP contribution is 2.21. The first kappa shape index (κ1) is 14.7. The van der Waals surface area contributed by atoms with Crippen LogP contribution in [0.25, 0.3) is 0 Å². The van der Waals surface area contributed by atoms with Gasteiger partial charge in [-0.25, -0.2) is 8.42 Å². The van der Waals surface area contributed by atoms with Gasteiger partial charge in [-0.05, 0) is 59.3 Å². The Morgan fingerprint density at radius 2 is 2.12 bits per heavy atom. The molecule has 0 aliphatic carbocycles. The molecule has 1 rings (SSSR count). The molecular weight excluding hydrogens is 377 g/mol. The number of anilines is 1. The molecule has 0 saturated carbocycles. The molecule has 0 aliphatic heterocycles. The number of halogens is 2. The van der Waals surface area contributed by atoms with E-state index in [9.17, 15) is 13.2 Å². The predicted molar refractivity (Wildman–Crippen MR) is 76.8 cm³/mol. The minimum atomic E-state index is -3.50. The Hall–Kier alpha value is -0.340. The molecule has 0 aromatic heterocycles. The van der Waals surface area contributed by atoms with Crippen LogP contribution in [0.15, 0.2) is 24.3 Å². The van der Waals surface area contributed by atoms with Gasteiger partial charge < -0.3 is 0 Å². The molecule has 0 heterocycles. The number of carbonyl (C=O) groups is 1. The number of benzene rings is 1. The SMILES string of the molecule is CCS(=O)(=O)N(CC(=O)Cl)c1cccc(I)c1. The van der Waals surface area contributed by atoms with E-state index in [4.69, 9.17) is 11.6 Å². The Balaban J connectivity index is 3.20. The van der Waals surface area contributed by atoms with Crippen molar-refractivity contribution in [2.45, 2.75) is 6.92 Å². The highest BCUT2D eigenvalue weighted by molar-refractivity contribution is 14.1. The molecule has 0 atom stereocenters. The predicted octanol–water partition coefficient (Wildman–Crippen LogP) is 2.21. The Bertz CT molecular complexity index is 518. The fraction of sp³-hybridized carbons (Fsp3) is 0.300. The fourth-order valence-electron chi connectivity index (χ4n) is 1.25. The van der Waals surface area contributed by atoms with Gasteiger partial charge in [0.2, 0.25) is 15.3 Å². The molecule has 0 unspecified atom stereocenters. The molecule has 0 bridgehead atoms. The molecule has 17 heavy (non-hydrogen) atoms. The molecule has 0 spiro atoms. The molecule has 4 nitrogen and oxygen atoms in total. The topological polar surface area (TPSA) is 54.5 Å². The Morgan fingerprint density at radius 1 is 1.47 bits per heavy atom. The zero-order chi connectivity index (χ0) is 13.1. The van der Waals surface area contributed by atoms with Crippen molar-refractivity contribution < 1.29 is 13.2 Å². The normalized spacial score (nSPS) is 11.2. The van der Waals surface area contributed by atoms with Crippen molar-refractivity contribution >= 4 is 55.1 Å². The van der Waals surface area contributed by atoms with Gasteiger partial charge in [-0.3, -0.25) is 9.10 Å². The average molecular weight is 388 g/mol. The summed E-state index contributed by atoms with van der Waals surface area (Å²) in [5.74, 6) is -0.0807. The molecule has 1 aromatic rings. The number of sulfonamides is 1. The number of hydrogen-bond donors (Lipinski definition) is 0. The van der Waals surface area contributed by atoms with Crippen LogP contribution >= 0.6 is 34.2 Å². The lowest BCUT2D eigenvalue weighted by molar-refractivity contribution is -0.110. The number of hydrogen-bond acceptors (Lipinski definition) is 3. The van der Waals surface area contributed by atoms with E-state index in [1.807, 2.05) is 6.07 Å². The third-order valence-corrected chi connectivity index (χ3v) is 4.60. The zero-order valence-corrected chi connectivity index (χ0v) is 12.8. The molecule has 0 saturated heterocycles. The lowest BCUT2D eigenvalue weighted by Crippen LogP contribution is -2.35. The lowest BCUT2D eigenvalue weighted by atomic mass is 10.3. The summed E-state index contributed by atoms with van der Waals surface area (Å²) in [6.45, 7) is 1.17. The van der Waals surface area contributed by atoms with E-state index < -0.39 is 15.3 Å². The fourth-order valence-corrected chi connectivity index (χ4v) is 3.03. The summed E-state index contributed by atoms with van der Waals surface area (Å²) in [6.07, 6.45) is 0. The monoisotopic (exact) mass is 387 g/mol. The first-order chi connectivity index (χ1) is 7.86. The third-order valence-electron chi connectivity index (χ3n) is 2.06. The smallest absolute Gasteiger partial charge is 0.242 e. The van der Waals surface area contributed by atoms with Crippen LogP contribution in [0, 0.1) is 3.57 Å². The van der Waals surface area contributed by atoms with Gasteiger partial charge >= 0.3 is 0 Å². The van der Waals surface area contributed by atoms with E-state index in [2.05, 4.69) is 22.6 Å². The molecule has 1 aromatic carbocycles. The maximum absolute atomic E-state index is 11.9. The van der Waals surface area contributed by atoms with Crippen molar-refractivity contribution in [3.05, 3.63) is 27.8 Å². The van der Waals surface area contributed by atoms with Crippen molar-refractivity contribution in [2.24, 2.45) is 0 Å². The maximum Gasteiger partial charge on any atom is 0.242 e. The molecule has 7 heteroatoms. The summed E-state index contributed by atoms with van der Waals surface area (Å²) >= 11 is 7.35. The second kappa shape index (κ2) is 6.01. The van der Waals surface area contributed by atoms with Gasteiger partial charge in [-0.1, -0.05) is 6.07 Å². The van der Waals surface area contributed by atoms with Crippen LogP contribution in [0.1, 0.15) is 6.92 Å². The highest BCUT2D eigenvalue weighted by Gasteiger charge is 2.22. The van der Waals surface area contributed by atoms with Crippen LogP contribution in [0.4, 0.5) is 5.69 Å². The largest absolute Gasteiger partial charge is 0.279 e. The summed E-state index contributed by atoms with van der Waals surface area (Å²) in [6, 6.07) is 6.89. The average Bonchev–Trinajstić information content (AvgIpc) is 2.25. The van der Waals surface area contributed by atoms with Gasteiger partial charge in [0.05, 0.1) is 11.4 Å². The van der Waals surface area contributed by atoms with E-state index in [0.29, 0.717) is 5.69 Å². The summed E-state index contributed by atoms with van der Waals surface area (Å²) in [7, 11) is -3.50. The van der Waals surface area contributed by atoms with Crippen LogP contribution < -0.4 is 4.31 Å². The minimum absolute atomic E-state index is 0.0807. The first-order valence-electron chi connectivity index (χ1n) is 4.81. The van der Waals surface area contributed by atoms with E-state index in [-0.39, 0.29) is 12.3 Å². The van der Waals surface area contributed by atoms with Crippen molar-refractivity contribution in [3.8, 4) is 0 Å². The van der Waals surface area contributed by atoms with E-state index >= 15 is 0 Å². The maximum atomic E-state index is 11.9. The minimum Gasteiger partial charge on any atom is -0.279 e. The third kappa shape index (κ3) is 4.11. The summed E-state index contributed by atoms with van der Waals surface area (Å²) in [5.41, 5.74) is 0.452. The van der Waals surface area contributed by atoms with E-state index in [1.54, 1.807) is 18.2 Å². The summed E-state index contributed by atoms with van der Waals surface area (Å²) in [4.78, 5) is 10.9. The van der Waals surface area contributed by atoms with Crippen molar-refractivity contribution in [1.82, 2.24) is 0 Å². The van der Waals surface area contributed by atoms with Gasteiger partial charge in [-0.15, -0.1) is 0 Å². The van der Waals surface area contributed by atoms with Crippen molar-refractivity contribution in [1.29, 1.82) is 0 Å². The van der Waals surface area contributed by atoms with Gasteiger partial charge in [0.1, 0.15) is 6.54 Å². The Morgan fingerprint density at radius 3 is 2.59 bits per heavy atom.